The Morgan fingerprint density at radius 2 is 2.00 bits per heavy atom. The number of halogens is 3. The quantitative estimate of drug-likeness (QED) is 0.784. The van der Waals surface area contributed by atoms with Gasteiger partial charge in [0.15, 0.2) is 5.69 Å². The van der Waals surface area contributed by atoms with E-state index in [-0.39, 0.29) is 28.4 Å². The van der Waals surface area contributed by atoms with Gasteiger partial charge in [0.1, 0.15) is 11.0 Å². The molecular weight excluding hydrogens is 333 g/mol. The smallest absolute Gasteiger partial charge is 0.435 e. The molecule has 2 aromatic rings. The Kier molecular flexibility index (Phi) is 4.41. The molecule has 25 heavy (non-hydrogen) atoms. The number of rotatable bonds is 5. The second-order valence-corrected chi connectivity index (χ2v) is 7.97. The van der Waals surface area contributed by atoms with Crippen LogP contribution < -0.4 is 4.74 Å². The molecule has 1 fully saturated rings. The van der Waals surface area contributed by atoms with E-state index in [2.05, 4.69) is 29.1 Å². The van der Waals surface area contributed by atoms with Gasteiger partial charge in [-0.05, 0) is 30.6 Å². The summed E-state index contributed by atoms with van der Waals surface area (Å²) in [7, 11) is 0. The number of aromatic nitrogens is 4. The predicted molar refractivity (Wildman–Crippen MR) is 87.3 cm³/mol. The highest BCUT2D eigenvalue weighted by atomic mass is 19.4. The molecule has 0 bridgehead atoms. The minimum atomic E-state index is -4.59. The molecule has 2 aromatic heterocycles. The zero-order chi connectivity index (χ0) is 18.4. The van der Waals surface area contributed by atoms with Gasteiger partial charge < -0.3 is 4.74 Å². The number of nitrogens with zero attached hydrogens (tertiary/aromatic N) is 4. The highest BCUT2D eigenvalue weighted by Crippen LogP contribution is 2.49. The van der Waals surface area contributed by atoms with E-state index in [0.717, 1.165) is 19.3 Å². The fraction of sp³-hybridized carbons (Fsp3) is 0.706. The molecule has 1 aliphatic carbocycles. The van der Waals surface area contributed by atoms with Crippen molar-refractivity contribution in [3.05, 3.63) is 11.8 Å². The minimum Gasteiger partial charge on any atom is -0.478 e. The van der Waals surface area contributed by atoms with E-state index in [1.54, 1.807) is 0 Å². The lowest BCUT2D eigenvalue weighted by atomic mass is 9.68. The first-order valence-electron chi connectivity index (χ1n) is 8.53. The van der Waals surface area contributed by atoms with Crippen molar-refractivity contribution in [3.63, 3.8) is 0 Å². The van der Waals surface area contributed by atoms with Gasteiger partial charge in [0, 0.05) is 6.07 Å². The molecule has 0 spiro atoms. The Morgan fingerprint density at radius 1 is 1.32 bits per heavy atom. The molecule has 0 saturated heterocycles. The van der Waals surface area contributed by atoms with Crippen molar-refractivity contribution in [2.45, 2.75) is 59.2 Å². The maximum atomic E-state index is 13.6. The van der Waals surface area contributed by atoms with Crippen LogP contribution in [0.1, 0.15) is 58.7 Å². The van der Waals surface area contributed by atoms with E-state index < -0.39 is 11.9 Å². The maximum absolute atomic E-state index is 13.6. The van der Waals surface area contributed by atoms with Crippen LogP contribution in [0.4, 0.5) is 13.2 Å². The molecule has 0 unspecified atom stereocenters. The maximum Gasteiger partial charge on any atom is 0.435 e. The third kappa shape index (κ3) is 3.72. The summed E-state index contributed by atoms with van der Waals surface area (Å²) in [4.78, 5) is 3.73. The monoisotopic (exact) mass is 356 g/mol. The first kappa shape index (κ1) is 17.9. The fourth-order valence-electron chi connectivity index (χ4n) is 3.26. The predicted octanol–water partition coefficient (Wildman–Crippen LogP) is 4.63. The average Bonchev–Trinajstić information content (AvgIpc) is 2.85. The average molecular weight is 356 g/mol. The lowest BCUT2D eigenvalue weighted by Crippen LogP contribution is -2.34. The first-order valence-corrected chi connectivity index (χ1v) is 8.53. The van der Waals surface area contributed by atoms with Crippen LogP contribution >= 0.6 is 0 Å². The van der Waals surface area contributed by atoms with Crippen molar-refractivity contribution in [2.24, 2.45) is 11.3 Å². The van der Waals surface area contributed by atoms with Crippen molar-refractivity contribution in [2.75, 3.05) is 6.61 Å². The van der Waals surface area contributed by atoms with Crippen LogP contribution in [0, 0.1) is 11.3 Å². The van der Waals surface area contributed by atoms with Crippen molar-refractivity contribution < 1.29 is 17.9 Å². The summed E-state index contributed by atoms with van der Waals surface area (Å²) < 4.78 is 47.5. The third-order valence-corrected chi connectivity index (χ3v) is 4.56. The molecule has 3 rings (SSSR count). The lowest BCUT2D eigenvalue weighted by Gasteiger charge is -2.42. The molecule has 5 nitrogen and oxygen atoms in total. The highest BCUT2D eigenvalue weighted by Gasteiger charge is 2.42. The number of hydrogen-bond acceptors (Lipinski definition) is 4. The zero-order valence-electron chi connectivity index (χ0n) is 14.9. The van der Waals surface area contributed by atoms with Gasteiger partial charge in [-0.15, -0.1) is 5.10 Å². The lowest BCUT2D eigenvalue weighted by molar-refractivity contribution is -0.140. The molecule has 0 amide bonds. The summed E-state index contributed by atoms with van der Waals surface area (Å²) in [5.74, 6) is 0.343. The summed E-state index contributed by atoms with van der Waals surface area (Å²) in [6, 6.07) is 1.37. The van der Waals surface area contributed by atoms with Crippen LogP contribution in [0.5, 0.6) is 5.88 Å². The van der Waals surface area contributed by atoms with E-state index in [0.29, 0.717) is 12.5 Å². The summed E-state index contributed by atoms with van der Waals surface area (Å²) in [5.41, 5.74) is -0.732. The third-order valence-electron chi connectivity index (χ3n) is 4.56. The topological polar surface area (TPSA) is 52.8 Å². The van der Waals surface area contributed by atoms with Crippen LogP contribution in [-0.4, -0.2) is 26.6 Å². The van der Waals surface area contributed by atoms with E-state index in [4.69, 9.17) is 4.74 Å². The normalized spacial score (nSPS) is 17.9. The van der Waals surface area contributed by atoms with Crippen LogP contribution in [0.3, 0.4) is 0 Å². The molecule has 8 heteroatoms. The van der Waals surface area contributed by atoms with Gasteiger partial charge in [0.25, 0.3) is 0 Å². The highest BCUT2D eigenvalue weighted by molar-refractivity contribution is 5.78. The molecule has 2 heterocycles. The molecular formula is C17H23F3N4O. The minimum absolute atomic E-state index is 0.0517. The van der Waals surface area contributed by atoms with Crippen LogP contribution in [-0.2, 0) is 6.18 Å². The van der Waals surface area contributed by atoms with E-state index in [1.165, 1.54) is 10.7 Å². The van der Waals surface area contributed by atoms with Gasteiger partial charge in [-0.3, -0.25) is 0 Å². The van der Waals surface area contributed by atoms with Crippen molar-refractivity contribution in [3.8, 4) is 5.88 Å². The fourth-order valence-corrected chi connectivity index (χ4v) is 3.26. The molecule has 0 aliphatic heterocycles. The molecule has 138 valence electrons. The number of ether oxygens (including phenoxy) is 1. The number of fused-ring (bicyclic) bond motifs is 1. The Balaban J connectivity index is 1.97. The van der Waals surface area contributed by atoms with Gasteiger partial charge in [-0.25, -0.2) is 9.67 Å². The van der Waals surface area contributed by atoms with Gasteiger partial charge >= 0.3 is 6.18 Å². The summed E-state index contributed by atoms with van der Waals surface area (Å²) >= 11 is 0. The Labute approximate surface area is 144 Å². The molecule has 0 atom stereocenters. The summed E-state index contributed by atoms with van der Waals surface area (Å²) in [5, 5.41) is 7.92. The van der Waals surface area contributed by atoms with Gasteiger partial charge in [-0.2, -0.15) is 13.2 Å². The number of alkyl halides is 3. The molecule has 1 aliphatic rings. The van der Waals surface area contributed by atoms with Crippen molar-refractivity contribution >= 4 is 11.0 Å². The van der Waals surface area contributed by atoms with E-state index in [1.807, 2.05) is 13.8 Å². The van der Waals surface area contributed by atoms with Crippen LogP contribution in [0.2, 0.25) is 0 Å². The van der Waals surface area contributed by atoms with Gasteiger partial charge in [0.2, 0.25) is 5.88 Å². The Bertz CT molecular complexity index is 759. The van der Waals surface area contributed by atoms with Gasteiger partial charge in [0.05, 0.1) is 12.6 Å². The number of pyridine rings is 1. The van der Waals surface area contributed by atoms with Gasteiger partial charge in [-0.1, -0.05) is 32.9 Å². The first-order chi connectivity index (χ1) is 11.6. The van der Waals surface area contributed by atoms with Crippen molar-refractivity contribution in [1.82, 2.24) is 20.0 Å². The second-order valence-electron chi connectivity index (χ2n) is 7.97. The van der Waals surface area contributed by atoms with E-state index in [9.17, 15) is 13.2 Å². The summed E-state index contributed by atoms with van der Waals surface area (Å²) in [6.07, 6.45) is -2.30. The Morgan fingerprint density at radius 3 is 2.56 bits per heavy atom. The number of hydrogen-bond donors (Lipinski definition) is 0. The Hall–Kier alpha value is -1.86. The second kappa shape index (κ2) is 6.14. The van der Waals surface area contributed by atoms with Crippen molar-refractivity contribution in [1.29, 1.82) is 0 Å². The SMILES string of the molecule is CC(C)CCOc1cc2nnn(C3CC(C)(C)C3)c2c(C(F)(F)F)n1. The zero-order valence-corrected chi connectivity index (χ0v) is 14.9. The van der Waals surface area contributed by atoms with Crippen LogP contribution in [0.25, 0.3) is 11.0 Å². The van der Waals surface area contributed by atoms with Crippen LogP contribution in [0.15, 0.2) is 6.07 Å². The molecule has 0 N–H and O–H groups in total. The summed E-state index contributed by atoms with van der Waals surface area (Å²) in [6.45, 7) is 8.54. The molecule has 0 radical (unpaired) electrons. The van der Waals surface area contributed by atoms with E-state index >= 15 is 0 Å². The molecule has 1 saturated carbocycles. The largest absolute Gasteiger partial charge is 0.478 e. The standard InChI is InChI=1S/C17H23F3N4O/c1-10(2)5-6-25-13-7-12-14(15(21-13)17(18,19)20)24(23-22-12)11-8-16(3,4)9-11/h7,10-11H,5-6,8-9H2,1-4H3. The molecule has 0 aromatic carbocycles.